The Hall–Kier alpha value is 0.156. The predicted octanol–water partition coefficient (Wildman–Crippen LogP) is -1.34. The van der Waals surface area contributed by atoms with Gasteiger partial charge < -0.3 is 26.5 Å². The number of ether oxygens (including phenoxy) is 2. The van der Waals surface area contributed by atoms with Crippen LogP contribution in [0.2, 0.25) is 0 Å². The molecule has 80 valence electrons. The SMILES string of the molecule is CCOCCOc1[c-]ccc(F)c1.[Br-].[Mg+2]. The molecule has 0 aromatic heterocycles. The van der Waals surface area contributed by atoms with Crippen LogP contribution in [0.1, 0.15) is 6.92 Å². The first-order valence-corrected chi connectivity index (χ1v) is 4.20. The summed E-state index contributed by atoms with van der Waals surface area (Å²) in [4.78, 5) is 0. The number of benzene rings is 1. The fourth-order valence-corrected chi connectivity index (χ4v) is 0.857. The van der Waals surface area contributed by atoms with Crippen molar-refractivity contribution >= 4 is 23.1 Å². The molecule has 0 aliphatic rings. The largest absolute Gasteiger partial charge is 2.00 e. The monoisotopic (exact) mass is 286 g/mol. The molecule has 0 fully saturated rings. The van der Waals surface area contributed by atoms with E-state index in [1.165, 1.54) is 18.2 Å². The summed E-state index contributed by atoms with van der Waals surface area (Å²) in [6, 6.07) is 6.89. The van der Waals surface area contributed by atoms with Crippen LogP contribution >= 0.6 is 0 Å². The second-order valence-electron chi connectivity index (χ2n) is 2.42. The molecule has 0 saturated heterocycles. The summed E-state index contributed by atoms with van der Waals surface area (Å²) in [5.41, 5.74) is 0. The molecule has 0 unspecified atom stereocenters. The summed E-state index contributed by atoms with van der Waals surface area (Å²) in [6.45, 7) is 3.51. The molecule has 0 spiro atoms. The third-order valence-electron chi connectivity index (χ3n) is 1.43. The van der Waals surface area contributed by atoms with Crippen molar-refractivity contribution in [2.45, 2.75) is 6.92 Å². The van der Waals surface area contributed by atoms with Crippen molar-refractivity contribution in [1.29, 1.82) is 0 Å². The zero-order chi connectivity index (χ0) is 9.52. The van der Waals surface area contributed by atoms with Gasteiger partial charge in [0.25, 0.3) is 0 Å². The molecule has 1 aromatic rings. The molecule has 0 N–H and O–H groups in total. The Morgan fingerprint density at radius 2 is 2.13 bits per heavy atom. The molecule has 0 aliphatic carbocycles. The van der Waals surface area contributed by atoms with Crippen LogP contribution in [0.25, 0.3) is 0 Å². The normalized spacial score (nSPS) is 8.67. The fraction of sp³-hybridized carbons (Fsp3) is 0.400. The Morgan fingerprint density at radius 1 is 1.40 bits per heavy atom. The molecule has 5 heteroatoms. The minimum absolute atomic E-state index is 0. The van der Waals surface area contributed by atoms with E-state index in [1.807, 2.05) is 6.92 Å². The summed E-state index contributed by atoms with van der Waals surface area (Å²) < 4.78 is 22.8. The maximum absolute atomic E-state index is 12.6. The van der Waals surface area contributed by atoms with Gasteiger partial charge in [0.1, 0.15) is 6.61 Å². The van der Waals surface area contributed by atoms with Gasteiger partial charge in [0.05, 0.1) is 6.61 Å². The van der Waals surface area contributed by atoms with Gasteiger partial charge in [-0.3, -0.25) is 0 Å². The van der Waals surface area contributed by atoms with E-state index in [1.54, 1.807) is 0 Å². The third kappa shape index (κ3) is 8.01. The summed E-state index contributed by atoms with van der Waals surface area (Å²) >= 11 is 0. The Balaban J connectivity index is 0. The van der Waals surface area contributed by atoms with Crippen LogP contribution in [0.3, 0.4) is 0 Å². The van der Waals surface area contributed by atoms with Crippen molar-refractivity contribution in [3.05, 3.63) is 30.1 Å². The van der Waals surface area contributed by atoms with E-state index in [9.17, 15) is 4.39 Å². The minimum Gasteiger partial charge on any atom is -1.00 e. The minimum atomic E-state index is -0.315. The fourth-order valence-electron chi connectivity index (χ4n) is 0.857. The van der Waals surface area contributed by atoms with Crippen molar-refractivity contribution in [1.82, 2.24) is 0 Å². The number of hydrogen-bond donors (Lipinski definition) is 0. The quantitative estimate of drug-likeness (QED) is 0.379. The van der Waals surface area contributed by atoms with Crippen LogP contribution in [0.15, 0.2) is 18.2 Å². The van der Waals surface area contributed by atoms with E-state index in [4.69, 9.17) is 9.47 Å². The number of halogens is 2. The van der Waals surface area contributed by atoms with E-state index < -0.39 is 0 Å². The van der Waals surface area contributed by atoms with E-state index in [2.05, 4.69) is 6.07 Å². The molecule has 1 aromatic carbocycles. The average molecular weight is 287 g/mol. The number of rotatable bonds is 5. The molecule has 0 heterocycles. The molecular weight excluding hydrogens is 275 g/mol. The molecule has 0 atom stereocenters. The van der Waals surface area contributed by atoms with Crippen LogP contribution in [0.4, 0.5) is 4.39 Å². The average Bonchev–Trinajstić information content (AvgIpc) is 2.13. The van der Waals surface area contributed by atoms with Crippen molar-refractivity contribution in [3.8, 4) is 5.75 Å². The zero-order valence-corrected chi connectivity index (χ0v) is 11.6. The standard InChI is InChI=1S/C10H12FO2.BrH.Mg/c1-2-12-6-7-13-10-5-3-4-9(11)8-10;;/h3-4,8H,2,6-7H2,1H3;1H;/q-1;;+2/p-1. The Labute approximate surface area is 116 Å². The van der Waals surface area contributed by atoms with Gasteiger partial charge in [-0.05, 0) is 6.92 Å². The van der Waals surface area contributed by atoms with Crippen LogP contribution in [-0.4, -0.2) is 42.9 Å². The second kappa shape index (κ2) is 10.7. The summed E-state index contributed by atoms with van der Waals surface area (Å²) in [5.74, 6) is 0.102. The van der Waals surface area contributed by atoms with Gasteiger partial charge in [-0.1, -0.05) is 6.07 Å². The predicted molar refractivity (Wildman–Crippen MR) is 53.0 cm³/mol. The smallest absolute Gasteiger partial charge is 1.00 e. The Bertz CT molecular complexity index is 261. The number of hydrogen-bond acceptors (Lipinski definition) is 2. The maximum atomic E-state index is 12.6. The van der Waals surface area contributed by atoms with Gasteiger partial charge in [0.15, 0.2) is 0 Å². The molecule has 15 heavy (non-hydrogen) atoms. The van der Waals surface area contributed by atoms with E-state index in [-0.39, 0.29) is 45.9 Å². The Morgan fingerprint density at radius 3 is 2.73 bits per heavy atom. The second-order valence-corrected chi connectivity index (χ2v) is 2.42. The van der Waals surface area contributed by atoms with E-state index in [0.717, 1.165) is 0 Å². The summed E-state index contributed by atoms with van der Waals surface area (Å²) in [5, 5.41) is 0. The van der Waals surface area contributed by atoms with E-state index in [0.29, 0.717) is 25.6 Å². The van der Waals surface area contributed by atoms with Crippen LogP contribution in [-0.2, 0) is 4.74 Å². The molecule has 0 aliphatic heterocycles. The molecule has 1 rings (SSSR count). The molecule has 0 bridgehead atoms. The van der Waals surface area contributed by atoms with Gasteiger partial charge in [-0.15, -0.1) is 12.1 Å². The van der Waals surface area contributed by atoms with Crippen molar-refractivity contribution in [2.24, 2.45) is 0 Å². The van der Waals surface area contributed by atoms with Crippen LogP contribution < -0.4 is 21.7 Å². The topological polar surface area (TPSA) is 18.5 Å². The zero-order valence-electron chi connectivity index (χ0n) is 8.63. The third-order valence-corrected chi connectivity index (χ3v) is 1.43. The van der Waals surface area contributed by atoms with Gasteiger partial charge in [-0.25, -0.2) is 4.39 Å². The van der Waals surface area contributed by atoms with Gasteiger partial charge in [-0.2, -0.15) is 6.07 Å². The van der Waals surface area contributed by atoms with Crippen molar-refractivity contribution in [2.75, 3.05) is 19.8 Å². The molecular formula is C10H12BrFMgO2. The summed E-state index contributed by atoms with van der Waals surface area (Å²) in [7, 11) is 0. The van der Waals surface area contributed by atoms with Crippen LogP contribution in [0.5, 0.6) is 5.75 Å². The maximum Gasteiger partial charge on any atom is 2.00 e. The molecule has 0 radical (unpaired) electrons. The van der Waals surface area contributed by atoms with Gasteiger partial charge in [0.2, 0.25) is 0 Å². The first-order valence-electron chi connectivity index (χ1n) is 4.20. The van der Waals surface area contributed by atoms with Gasteiger partial charge in [0, 0.05) is 18.2 Å². The molecule has 0 amide bonds. The van der Waals surface area contributed by atoms with Crippen LogP contribution in [0, 0.1) is 11.9 Å². The molecule has 2 nitrogen and oxygen atoms in total. The van der Waals surface area contributed by atoms with E-state index >= 15 is 0 Å². The molecule has 0 saturated carbocycles. The summed E-state index contributed by atoms with van der Waals surface area (Å²) in [6.07, 6.45) is 0. The van der Waals surface area contributed by atoms with Crippen molar-refractivity contribution in [3.63, 3.8) is 0 Å². The van der Waals surface area contributed by atoms with Crippen molar-refractivity contribution < 1.29 is 30.8 Å². The first kappa shape index (κ1) is 17.5. The first-order chi connectivity index (χ1) is 6.33. The Kier molecular flexibility index (Phi) is 12.5. The van der Waals surface area contributed by atoms with Gasteiger partial charge >= 0.3 is 23.1 Å².